The number of rotatable bonds is 4. The van der Waals surface area contributed by atoms with Gasteiger partial charge in [-0.05, 0) is 24.6 Å². The van der Waals surface area contributed by atoms with Crippen LogP contribution in [0.25, 0.3) is 0 Å². The molecule has 0 unspecified atom stereocenters. The molecule has 0 saturated carbocycles. The Morgan fingerprint density at radius 2 is 2.00 bits per heavy atom. The van der Waals surface area contributed by atoms with Crippen molar-refractivity contribution in [2.24, 2.45) is 0 Å². The maximum absolute atomic E-state index is 11.8. The first-order valence-electron chi connectivity index (χ1n) is 4.42. The summed E-state index contributed by atoms with van der Waals surface area (Å²) in [5.41, 5.74) is 0. The average Bonchev–Trinajstić information content (AvgIpc) is 2.11. The van der Waals surface area contributed by atoms with Gasteiger partial charge in [-0.15, -0.1) is 0 Å². The smallest absolute Gasteiger partial charge is 0.389 e. The van der Waals surface area contributed by atoms with Crippen LogP contribution in [0, 0.1) is 0 Å². The van der Waals surface area contributed by atoms with Gasteiger partial charge in [0.25, 0.3) is 0 Å². The van der Waals surface area contributed by atoms with E-state index in [-0.39, 0.29) is 13.0 Å². The quantitative estimate of drug-likeness (QED) is 0.753. The number of ether oxygens (including phenoxy) is 1. The molecule has 1 aromatic carbocycles. The molecule has 0 spiro atoms. The second-order valence-electron chi connectivity index (χ2n) is 3.02. The highest BCUT2D eigenvalue weighted by Gasteiger charge is 2.25. The van der Waals surface area contributed by atoms with Crippen LogP contribution in [0.15, 0.2) is 28.7 Å². The largest absolute Gasteiger partial charge is 0.494 e. The van der Waals surface area contributed by atoms with Crippen LogP contribution in [0.2, 0.25) is 0 Å². The Bertz CT molecular complexity index is 312. The van der Waals surface area contributed by atoms with Crippen LogP contribution in [-0.2, 0) is 0 Å². The minimum Gasteiger partial charge on any atom is -0.494 e. The van der Waals surface area contributed by atoms with Gasteiger partial charge in [-0.25, -0.2) is 0 Å². The summed E-state index contributed by atoms with van der Waals surface area (Å²) in [5.74, 6) is 0.576. The molecule has 0 bridgehead atoms. The molecule has 1 rings (SSSR count). The molecular formula is C10H10BrF3O. The predicted octanol–water partition coefficient (Wildman–Crippen LogP) is 4.17. The van der Waals surface area contributed by atoms with E-state index in [4.69, 9.17) is 4.74 Å². The third-order valence-electron chi connectivity index (χ3n) is 1.67. The molecular weight excluding hydrogens is 273 g/mol. The molecule has 0 saturated heterocycles. The molecule has 15 heavy (non-hydrogen) atoms. The Labute approximate surface area is 94.4 Å². The lowest BCUT2D eigenvalue weighted by Crippen LogP contribution is -2.09. The van der Waals surface area contributed by atoms with Crippen molar-refractivity contribution in [1.29, 1.82) is 0 Å². The van der Waals surface area contributed by atoms with E-state index in [0.717, 1.165) is 4.47 Å². The van der Waals surface area contributed by atoms with Crippen LogP contribution in [0.1, 0.15) is 12.8 Å². The second-order valence-corrected chi connectivity index (χ2v) is 3.94. The molecule has 0 aliphatic rings. The number of hydrogen-bond acceptors (Lipinski definition) is 1. The Balaban J connectivity index is 2.26. The van der Waals surface area contributed by atoms with Gasteiger partial charge in [-0.2, -0.15) is 13.2 Å². The summed E-state index contributed by atoms with van der Waals surface area (Å²) in [6.07, 6.45) is -4.92. The first-order valence-corrected chi connectivity index (χ1v) is 5.22. The molecule has 0 fully saturated rings. The molecule has 0 aliphatic carbocycles. The number of hydrogen-bond donors (Lipinski definition) is 0. The first-order chi connectivity index (χ1) is 6.97. The van der Waals surface area contributed by atoms with E-state index < -0.39 is 12.6 Å². The monoisotopic (exact) mass is 282 g/mol. The van der Waals surface area contributed by atoms with E-state index >= 15 is 0 Å². The zero-order chi connectivity index (χ0) is 11.3. The number of halogens is 4. The van der Waals surface area contributed by atoms with Gasteiger partial charge in [-0.1, -0.05) is 22.0 Å². The van der Waals surface area contributed by atoms with Crippen LogP contribution < -0.4 is 4.74 Å². The summed E-state index contributed by atoms with van der Waals surface area (Å²) < 4.78 is 41.3. The molecule has 0 amide bonds. The van der Waals surface area contributed by atoms with Gasteiger partial charge in [0.15, 0.2) is 0 Å². The molecule has 0 radical (unpaired) electrons. The lowest BCUT2D eigenvalue weighted by atomic mass is 10.3. The Kier molecular flexibility index (Phi) is 4.45. The van der Waals surface area contributed by atoms with Crippen LogP contribution >= 0.6 is 15.9 Å². The van der Waals surface area contributed by atoms with E-state index in [1.54, 1.807) is 18.2 Å². The highest BCUT2D eigenvalue weighted by molar-refractivity contribution is 9.10. The summed E-state index contributed by atoms with van der Waals surface area (Å²) in [6.45, 7) is 0.0793. The molecule has 0 atom stereocenters. The lowest BCUT2D eigenvalue weighted by Gasteiger charge is -2.08. The normalized spacial score (nSPS) is 11.5. The third kappa shape index (κ3) is 5.67. The highest BCUT2D eigenvalue weighted by Crippen LogP contribution is 2.22. The van der Waals surface area contributed by atoms with Gasteiger partial charge in [0.2, 0.25) is 0 Å². The zero-order valence-electron chi connectivity index (χ0n) is 7.85. The summed E-state index contributed by atoms with van der Waals surface area (Å²) in [7, 11) is 0. The van der Waals surface area contributed by atoms with Crippen molar-refractivity contribution in [2.75, 3.05) is 6.61 Å². The van der Waals surface area contributed by atoms with Crippen LogP contribution in [0.5, 0.6) is 5.75 Å². The van der Waals surface area contributed by atoms with Crippen molar-refractivity contribution in [3.8, 4) is 5.75 Å². The number of benzene rings is 1. The van der Waals surface area contributed by atoms with Gasteiger partial charge in [-0.3, -0.25) is 0 Å². The lowest BCUT2D eigenvalue weighted by molar-refractivity contribution is -0.136. The standard InChI is InChI=1S/C10H10BrF3O/c11-8-3-1-4-9(7-8)15-6-2-5-10(12,13)14/h1,3-4,7H,2,5-6H2. The molecule has 0 N–H and O–H groups in total. The fraction of sp³-hybridized carbons (Fsp3) is 0.400. The van der Waals surface area contributed by atoms with Crippen molar-refractivity contribution in [1.82, 2.24) is 0 Å². The topological polar surface area (TPSA) is 9.23 Å². The maximum atomic E-state index is 11.8. The number of alkyl halides is 3. The molecule has 0 aromatic heterocycles. The predicted molar refractivity (Wildman–Crippen MR) is 54.9 cm³/mol. The van der Waals surface area contributed by atoms with E-state index in [1.165, 1.54) is 0 Å². The third-order valence-corrected chi connectivity index (χ3v) is 2.16. The van der Waals surface area contributed by atoms with Crippen molar-refractivity contribution >= 4 is 15.9 Å². The van der Waals surface area contributed by atoms with Crippen LogP contribution in [-0.4, -0.2) is 12.8 Å². The molecule has 0 heterocycles. The average molecular weight is 283 g/mol. The van der Waals surface area contributed by atoms with Gasteiger partial charge in [0.1, 0.15) is 5.75 Å². The van der Waals surface area contributed by atoms with E-state index in [0.29, 0.717) is 5.75 Å². The molecule has 5 heteroatoms. The maximum Gasteiger partial charge on any atom is 0.389 e. The van der Waals surface area contributed by atoms with Gasteiger partial charge in [0.05, 0.1) is 6.61 Å². The highest BCUT2D eigenvalue weighted by atomic mass is 79.9. The minimum atomic E-state index is -4.10. The molecule has 1 nitrogen and oxygen atoms in total. The van der Waals surface area contributed by atoms with Crippen molar-refractivity contribution in [3.63, 3.8) is 0 Å². The first kappa shape index (κ1) is 12.4. The zero-order valence-corrected chi connectivity index (χ0v) is 9.44. The molecule has 84 valence electrons. The summed E-state index contributed by atoms with van der Waals surface area (Å²) >= 11 is 3.24. The fourth-order valence-electron chi connectivity index (χ4n) is 1.02. The minimum absolute atomic E-state index is 0.0178. The van der Waals surface area contributed by atoms with E-state index in [2.05, 4.69) is 15.9 Å². The van der Waals surface area contributed by atoms with Crippen molar-refractivity contribution in [2.45, 2.75) is 19.0 Å². The summed E-state index contributed by atoms with van der Waals surface area (Å²) in [5, 5.41) is 0. The molecule has 1 aromatic rings. The Hall–Kier alpha value is -0.710. The van der Waals surface area contributed by atoms with Crippen molar-refractivity contribution in [3.05, 3.63) is 28.7 Å². The van der Waals surface area contributed by atoms with Gasteiger partial charge in [0, 0.05) is 10.9 Å². The van der Waals surface area contributed by atoms with E-state index in [9.17, 15) is 13.2 Å². The van der Waals surface area contributed by atoms with Crippen LogP contribution in [0.3, 0.4) is 0 Å². The van der Waals surface area contributed by atoms with Crippen molar-refractivity contribution < 1.29 is 17.9 Å². The Morgan fingerprint density at radius 3 is 2.60 bits per heavy atom. The van der Waals surface area contributed by atoms with Gasteiger partial charge < -0.3 is 4.74 Å². The van der Waals surface area contributed by atoms with Crippen LogP contribution in [0.4, 0.5) is 13.2 Å². The summed E-state index contributed by atoms with van der Waals surface area (Å²) in [6, 6.07) is 7.01. The Morgan fingerprint density at radius 1 is 1.27 bits per heavy atom. The van der Waals surface area contributed by atoms with Gasteiger partial charge >= 0.3 is 6.18 Å². The fourth-order valence-corrected chi connectivity index (χ4v) is 1.40. The second kappa shape index (κ2) is 5.39. The molecule has 0 aliphatic heterocycles. The summed E-state index contributed by atoms with van der Waals surface area (Å²) in [4.78, 5) is 0. The van der Waals surface area contributed by atoms with E-state index in [1.807, 2.05) is 6.07 Å². The SMILES string of the molecule is FC(F)(F)CCCOc1cccc(Br)c1.